The summed E-state index contributed by atoms with van der Waals surface area (Å²) in [6.07, 6.45) is 6.28. The minimum absolute atomic E-state index is 0.0561. The third-order valence-corrected chi connectivity index (χ3v) is 6.36. The average Bonchev–Trinajstić information content (AvgIpc) is 3.44. The highest BCUT2D eigenvalue weighted by Gasteiger charge is 2.32. The number of thiophene rings is 1. The summed E-state index contributed by atoms with van der Waals surface area (Å²) in [4.78, 5) is 30.0. The maximum absolute atomic E-state index is 15.1. The van der Waals surface area contributed by atoms with Crippen LogP contribution in [0.15, 0.2) is 51.8 Å². The van der Waals surface area contributed by atoms with Crippen LogP contribution in [0.4, 0.5) is 4.39 Å². The number of pyridine rings is 2. The normalized spacial score (nSPS) is 13.9. The lowest BCUT2D eigenvalue weighted by atomic mass is 10.0. The molecule has 2 N–H and O–H groups in total. The van der Waals surface area contributed by atoms with Crippen LogP contribution in [0.1, 0.15) is 29.9 Å². The molecule has 29 heavy (non-hydrogen) atoms. The van der Waals surface area contributed by atoms with E-state index in [1.54, 1.807) is 19.3 Å². The number of nitrogens with two attached hydrogens (primary N) is 1. The van der Waals surface area contributed by atoms with Gasteiger partial charge in [0.1, 0.15) is 5.82 Å². The number of fused-ring (bicyclic) bond motifs is 1. The summed E-state index contributed by atoms with van der Waals surface area (Å²) in [7, 11) is 0. The van der Waals surface area contributed by atoms with E-state index in [0.717, 1.165) is 35.0 Å². The Hall–Kier alpha value is -3.26. The van der Waals surface area contributed by atoms with Crippen molar-refractivity contribution in [3.05, 3.63) is 80.0 Å². The molecule has 4 aromatic rings. The molecule has 0 spiro atoms. The summed E-state index contributed by atoms with van der Waals surface area (Å²) in [5, 5.41) is 1.96. The zero-order valence-corrected chi connectivity index (χ0v) is 16.4. The van der Waals surface area contributed by atoms with Gasteiger partial charge in [0.05, 0.1) is 11.7 Å². The van der Waals surface area contributed by atoms with Crippen LogP contribution in [0.5, 0.6) is 0 Å². The number of rotatable bonds is 3. The van der Waals surface area contributed by atoms with E-state index >= 15 is 4.39 Å². The number of nitrogen functional groups attached to an aromatic ring is 1. The molecule has 4 aromatic heterocycles. The molecule has 0 aromatic carbocycles. The molecule has 5 rings (SSSR count). The second-order valence-corrected chi connectivity index (χ2v) is 8.19. The molecule has 1 aliphatic rings. The molecular weight excluding hydrogens is 391 g/mol. The molecule has 6 nitrogen and oxygen atoms in total. The summed E-state index contributed by atoms with van der Waals surface area (Å²) in [6.45, 7) is 1.76. The second kappa shape index (κ2) is 6.38. The lowest BCUT2D eigenvalue weighted by Gasteiger charge is -2.15. The van der Waals surface area contributed by atoms with E-state index < -0.39 is 17.1 Å². The first-order valence-electron chi connectivity index (χ1n) is 9.22. The van der Waals surface area contributed by atoms with Gasteiger partial charge in [0.15, 0.2) is 0 Å². The van der Waals surface area contributed by atoms with Gasteiger partial charge in [-0.25, -0.2) is 9.18 Å². The van der Waals surface area contributed by atoms with E-state index in [2.05, 4.69) is 4.98 Å². The van der Waals surface area contributed by atoms with Crippen LogP contribution < -0.4 is 17.1 Å². The molecule has 0 amide bonds. The van der Waals surface area contributed by atoms with E-state index in [-0.39, 0.29) is 5.92 Å². The van der Waals surface area contributed by atoms with Crippen molar-refractivity contribution in [2.24, 2.45) is 0 Å². The van der Waals surface area contributed by atoms with Crippen molar-refractivity contribution in [1.82, 2.24) is 14.1 Å². The Labute approximate surface area is 168 Å². The zero-order chi connectivity index (χ0) is 20.3. The highest BCUT2D eigenvalue weighted by molar-refractivity contribution is 7.14. The van der Waals surface area contributed by atoms with Crippen LogP contribution in [-0.4, -0.2) is 14.1 Å². The van der Waals surface area contributed by atoms with Crippen molar-refractivity contribution >= 4 is 16.9 Å². The van der Waals surface area contributed by atoms with Crippen LogP contribution >= 0.6 is 11.3 Å². The summed E-state index contributed by atoms with van der Waals surface area (Å²) in [5.41, 5.74) is 2.66. The number of halogens is 1. The first-order valence-corrected chi connectivity index (χ1v) is 10.1. The lowest BCUT2D eigenvalue weighted by Crippen LogP contribution is -2.44. The zero-order valence-electron chi connectivity index (χ0n) is 15.6. The minimum Gasteiger partial charge on any atom is -0.332 e. The highest BCUT2D eigenvalue weighted by Crippen LogP contribution is 2.43. The Morgan fingerprint density at radius 3 is 2.62 bits per heavy atom. The van der Waals surface area contributed by atoms with Crippen LogP contribution in [0.25, 0.3) is 27.1 Å². The van der Waals surface area contributed by atoms with Gasteiger partial charge in [-0.05, 0) is 66.0 Å². The van der Waals surface area contributed by atoms with Gasteiger partial charge < -0.3 is 5.84 Å². The molecule has 8 heteroatoms. The highest BCUT2D eigenvalue weighted by atomic mass is 32.1. The molecule has 0 saturated heterocycles. The molecule has 146 valence electrons. The molecule has 0 bridgehead atoms. The fourth-order valence-electron chi connectivity index (χ4n) is 3.84. The lowest BCUT2D eigenvalue weighted by molar-refractivity contribution is 0.616. The third-order valence-electron chi connectivity index (χ3n) is 5.41. The SMILES string of the molecule is Cc1c(-c2cc(-c3ccncc3)cs2)c(F)cn2c(=O)n(N)c(=O)c(C3CC3)c12. The first-order chi connectivity index (χ1) is 14.0. The molecule has 1 aliphatic carbocycles. The van der Waals surface area contributed by atoms with Gasteiger partial charge in [-0.1, -0.05) is 0 Å². The predicted molar refractivity (Wildman–Crippen MR) is 111 cm³/mol. The minimum atomic E-state index is -0.744. The van der Waals surface area contributed by atoms with Gasteiger partial charge in [0.2, 0.25) is 0 Å². The van der Waals surface area contributed by atoms with Gasteiger partial charge in [0.25, 0.3) is 5.56 Å². The standard InChI is InChI=1S/C21H17FN4O2S/c1-11-17(16-8-14(10-29-16)12-4-6-24-7-5-12)15(22)9-25-19(11)18(13-2-3-13)20(27)26(23)21(25)28/h4-10,13H,2-3,23H2,1H3. The fraction of sp³-hybridized carbons (Fsp3) is 0.190. The fourth-order valence-corrected chi connectivity index (χ4v) is 4.86. The second-order valence-electron chi connectivity index (χ2n) is 7.28. The van der Waals surface area contributed by atoms with Crippen molar-refractivity contribution in [3.8, 4) is 21.6 Å². The first kappa shape index (κ1) is 17.8. The number of hydrogen-bond acceptors (Lipinski definition) is 5. The molecule has 0 radical (unpaired) electrons. The van der Waals surface area contributed by atoms with Gasteiger partial charge >= 0.3 is 5.69 Å². The predicted octanol–water partition coefficient (Wildman–Crippen LogP) is 3.29. The van der Waals surface area contributed by atoms with Crippen LogP contribution in [0.3, 0.4) is 0 Å². The van der Waals surface area contributed by atoms with Crippen molar-refractivity contribution in [2.75, 3.05) is 5.84 Å². The third kappa shape index (κ3) is 2.71. The topological polar surface area (TPSA) is 82.4 Å². The number of hydrogen-bond donors (Lipinski definition) is 1. The summed E-state index contributed by atoms with van der Waals surface area (Å²) >= 11 is 1.42. The molecule has 0 aliphatic heterocycles. The van der Waals surface area contributed by atoms with Crippen molar-refractivity contribution in [2.45, 2.75) is 25.7 Å². The Balaban J connectivity index is 1.79. The maximum atomic E-state index is 15.1. The van der Waals surface area contributed by atoms with Crippen LogP contribution in [0.2, 0.25) is 0 Å². The van der Waals surface area contributed by atoms with Gasteiger partial charge in [-0.3, -0.25) is 14.2 Å². The Morgan fingerprint density at radius 1 is 1.21 bits per heavy atom. The van der Waals surface area contributed by atoms with Crippen LogP contribution in [-0.2, 0) is 0 Å². The van der Waals surface area contributed by atoms with Crippen molar-refractivity contribution in [3.63, 3.8) is 0 Å². The summed E-state index contributed by atoms with van der Waals surface area (Å²) in [5.74, 6) is 5.21. The smallest absolute Gasteiger partial charge is 0.332 e. The van der Waals surface area contributed by atoms with E-state index in [4.69, 9.17) is 5.84 Å². The van der Waals surface area contributed by atoms with Gasteiger partial charge in [0, 0.05) is 28.4 Å². The summed E-state index contributed by atoms with van der Waals surface area (Å²) in [6, 6.07) is 5.70. The molecule has 0 atom stereocenters. The van der Waals surface area contributed by atoms with Gasteiger partial charge in [-0.15, -0.1) is 11.3 Å². The molecule has 1 fully saturated rings. The van der Waals surface area contributed by atoms with E-state index in [1.807, 2.05) is 23.6 Å². The number of nitrogens with zero attached hydrogens (tertiary/aromatic N) is 3. The molecular formula is C21H17FN4O2S. The van der Waals surface area contributed by atoms with Crippen molar-refractivity contribution < 1.29 is 4.39 Å². The van der Waals surface area contributed by atoms with Crippen molar-refractivity contribution in [1.29, 1.82) is 0 Å². The maximum Gasteiger partial charge on any atom is 0.354 e. The monoisotopic (exact) mass is 408 g/mol. The number of aryl methyl sites for hydroxylation is 1. The van der Waals surface area contributed by atoms with E-state index in [9.17, 15) is 9.59 Å². The number of aromatic nitrogens is 3. The molecule has 1 saturated carbocycles. The van der Waals surface area contributed by atoms with E-state index in [0.29, 0.717) is 26.9 Å². The Kier molecular flexibility index (Phi) is 3.92. The van der Waals surface area contributed by atoms with E-state index in [1.165, 1.54) is 15.7 Å². The average molecular weight is 408 g/mol. The quantitative estimate of drug-likeness (QED) is 0.528. The van der Waals surface area contributed by atoms with Gasteiger partial charge in [-0.2, -0.15) is 4.68 Å². The molecule has 4 heterocycles. The Bertz CT molecular complexity index is 1380. The largest absolute Gasteiger partial charge is 0.354 e. The Morgan fingerprint density at radius 2 is 1.93 bits per heavy atom. The van der Waals surface area contributed by atoms with Crippen LogP contribution in [0, 0.1) is 12.7 Å². The molecule has 0 unspecified atom stereocenters. The summed E-state index contributed by atoms with van der Waals surface area (Å²) < 4.78 is 16.9.